The van der Waals surface area contributed by atoms with E-state index in [-0.39, 0.29) is 35.0 Å². The van der Waals surface area contributed by atoms with Gasteiger partial charge in [0.25, 0.3) is 0 Å². The molecule has 2 aliphatic carbocycles. The Balaban J connectivity index is 1.80. The summed E-state index contributed by atoms with van der Waals surface area (Å²) in [5.41, 5.74) is 1.22. The van der Waals surface area contributed by atoms with E-state index in [0.29, 0.717) is 6.54 Å². The van der Waals surface area contributed by atoms with Crippen LogP contribution < -0.4 is 5.32 Å². The van der Waals surface area contributed by atoms with E-state index in [1.807, 2.05) is 14.0 Å². The van der Waals surface area contributed by atoms with Crippen LogP contribution in [0.1, 0.15) is 69.9 Å². The Morgan fingerprint density at radius 1 is 1.53 bits per heavy atom. The van der Waals surface area contributed by atoms with Crippen LogP contribution in [0.2, 0.25) is 0 Å². The maximum atomic E-state index is 12.9. The number of nitrogens with one attached hydrogen (secondary N) is 1. The van der Waals surface area contributed by atoms with Gasteiger partial charge in [0.2, 0.25) is 5.91 Å². The van der Waals surface area contributed by atoms with Gasteiger partial charge >= 0.3 is 0 Å². The van der Waals surface area contributed by atoms with Crippen LogP contribution in [-0.4, -0.2) is 47.1 Å². The zero-order chi connectivity index (χ0) is 22.1. The number of carbonyl (C=O) groups is 1. The maximum Gasteiger partial charge on any atom is 0.225 e. The topological polar surface area (TPSA) is 65.5 Å². The van der Waals surface area contributed by atoms with Gasteiger partial charge in [-0.15, -0.1) is 17.9 Å². The molecule has 0 aliphatic heterocycles. The van der Waals surface area contributed by atoms with Gasteiger partial charge in [-0.2, -0.15) is 0 Å². The van der Waals surface area contributed by atoms with Crippen molar-refractivity contribution in [3.05, 3.63) is 23.2 Å². The van der Waals surface area contributed by atoms with Crippen LogP contribution in [-0.2, 0) is 11.2 Å². The summed E-state index contributed by atoms with van der Waals surface area (Å²) < 4.78 is 0. The minimum Gasteiger partial charge on any atom is -0.392 e. The van der Waals surface area contributed by atoms with Crippen LogP contribution in [0.25, 0.3) is 0 Å². The smallest absolute Gasteiger partial charge is 0.225 e. The number of likely N-dealkylation sites (N-methyl/N-ethyl adjacent to an activating group) is 1. The fourth-order valence-electron chi connectivity index (χ4n) is 5.81. The summed E-state index contributed by atoms with van der Waals surface area (Å²) in [6.07, 6.45) is 6.49. The van der Waals surface area contributed by atoms with Gasteiger partial charge < -0.3 is 15.3 Å². The Bertz CT molecular complexity index is 764. The second kappa shape index (κ2) is 9.39. The van der Waals surface area contributed by atoms with Crippen LogP contribution in [0, 0.1) is 23.2 Å². The highest BCUT2D eigenvalue weighted by molar-refractivity contribution is 7.15. The quantitative estimate of drug-likeness (QED) is 0.461. The minimum atomic E-state index is -0.485. The molecule has 0 spiro atoms. The molecule has 3 rings (SSSR count). The van der Waals surface area contributed by atoms with Crippen molar-refractivity contribution in [3.8, 4) is 0 Å². The molecule has 1 amide bonds. The number of nitrogens with zero attached hydrogens (tertiary/aromatic N) is 2. The lowest BCUT2D eigenvalue weighted by Crippen LogP contribution is -2.53. The zero-order valence-electron chi connectivity index (χ0n) is 19.3. The molecule has 1 aromatic rings. The fraction of sp³-hybridized carbons (Fsp3) is 0.750. The van der Waals surface area contributed by atoms with Crippen molar-refractivity contribution in [2.45, 2.75) is 71.8 Å². The van der Waals surface area contributed by atoms with Crippen molar-refractivity contribution < 1.29 is 9.90 Å². The third-order valence-corrected chi connectivity index (χ3v) is 8.57. The number of carbonyl (C=O) groups excluding carboxylic acids is 1. The van der Waals surface area contributed by atoms with Crippen molar-refractivity contribution in [3.63, 3.8) is 0 Å². The highest BCUT2D eigenvalue weighted by Crippen LogP contribution is 2.57. The lowest BCUT2D eigenvalue weighted by Gasteiger charge is -2.53. The van der Waals surface area contributed by atoms with Crippen molar-refractivity contribution in [2.75, 3.05) is 25.5 Å². The number of fused-ring (bicyclic) bond motifs is 2. The number of hydrogen-bond donors (Lipinski definition) is 2. The number of thiazole rings is 1. The van der Waals surface area contributed by atoms with E-state index in [2.05, 4.69) is 32.7 Å². The first-order valence-corrected chi connectivity index (χ1v) is 12.3. The molecule has 0 unspecified atom stereocenters. The summed E-state index contributed by atoms with van der Waals surface area (Å²) in [6, 6.07) is 0. The van der Waals surface area contributed by atoms with E-state index in [0.717, 1.165) is 43.1 Å². The number of rotatable bonds is 8. The molecule has 0 saturated heterocycles. The fourth-order valence-corrected chi connectivity index (χ4v) is 7.10. The molecule has 5 nitrogen and oxygen atoms in total. The average Bonchev–Trinajstić information content (AvgIpc) is 3.09. The first kappa shape index (κ1) is 23.3. The zero-order valence-corrected chi connectivity index (χ0v) is 20.1. The van der Waals surface area contributed by atoms with Gasteiger partial charge in [0.05, 0.1) is 11.8 Å². The molecular formula is C24H39N3O2S. The third kappa shape index (κ3) is 4.31. The molecule has 30 heavy (non-hydrogen) atoms. The molecule has 0 bridgehead atoms. The van der Waals surface area contributed by atoms with Gasteiger partial charge in [0.1, 0.15) is 0 Å². The summed E-state index contributed by atoms with van der Waals surface area (Å²) >= 11 is 1.79. The average molecular weight is 434 g/mol. The molecule has 1 heterocycles. The second-order valence-electron chi connectivity index (χ2n) is 9.74. The van der Waals surface area contributed by atoms with Gasteiger partial charge in [-0.25, -0.2) is 4.98 Å². The predicted molar refractivity (Wildman–Crippen MR) is 125 cm³/mol. The summed E-state index contributed by atoms with van der Waals surface area (Å²) in [5.74, 6) is 0.234. The molecule has 2 aliphatic rings. The Kier molecular flexibility index (Phi) is 7.28. The Morgan fingerprint density at radius 3 is 2.93 bits per heavy atom. The minimum absolute atomic E-state index is 0.00683. The van der Waals surface area contributed by atoms with Crippen molar-refractivity contribution in [1.29, 1.82) is 0 Å². The predicted octanol–water partition coefficient (Wildman–Crippen LogP) is 4.69. The molecule has 1 saturated carbocycles. The van der Waals surface area contributed by atoms with Crippen molar-refractivity contribution in [2.24, 2.45) is 23.2 Å². The number of amides is 1. The number of aliphatic hydroxyl groups is 1. The van der Waals surface area contributed by atoms with E-state index in [4.69, 9.17) is 4.98 Å². The lowest BCUT2D eigenvalue weighted by atomic mass is 9.53. The largest absolute Gasteiger partial charge is 0.392 e. The Hall–Kier alpha value is -1.40. The Morgan fingerprint density at radius 2 is 2.27 bits per heavy atom. The van der Waals surface area contributed by atoms with E-state index < -0.39 is 6.10 Å². The number of aromatic nitrogens is 1. The van der Waals surface area contributed by atoms with Gasteiger partial charge in [-0.1, -0.05) is 40.2 Å². The number of unbranched alkanes of at least 4 members (excludes halogenated alkanes) is 1. The van der Waals surface area contributed by atoms with E-state index >= 15 is 0 Å². The molecule has 6 heteroatoms. The monoisotopic (exact) mass is 433 g/mol. The van der Waals surface area contributed by atoms with Crippen LogP contribution >= 0.6 is 11.3 Å². The molecule has 0 aromatic carbocycles. The molecule has 6 atom stereocenters. The van der Waals surface area contributed by atoms with Crippen LogP contribution in [0.3, 0.4) is 0 Å². The molecular weight excluding hydrogens is 394 g/mol. The summed E-state index contributed by atoms with van der Waals surface area (Å²) in [4.78, 5) is 20.9. The van der Waals surface area contributed by atoms with Gasteiger partial charge in [-0.3, -0.25) is 4.79 Å². The molecule has 0 radical (unpaired) electrons. The highest BCUT2D eigenvalue weighted by atomic mass is 32.1. The van der Waals surface area contributed by atoms with E-state index in [1.54, 1.807) is 22.3 Å². The number of aliphatic hydroxyl groups excluding tert-OH is 1. The highest BCUT2D eigenvalue weighted by Gasteiger charge is 2.54. The first-order chi connectivity index (χ1) is 14.2. The summed E-state index contributed by atoms with van der Waals surface area (Å²) in [6.45, 7) is 14.0. The first-order valence-electron chi connectivity index (χ1n) is 11.5. The number of hydrogen-bond acceptors (Lipinski definition) is 5. The maximum absolute atomic E-state index is 12.9. The molecule has 2 N–H and O–H groups in total. The Labute approximate surface area is 186 Å². The molecule has 1 aromatic heterocycles. The second-order valence-corrected chi connectivity index (χ2v) is 10.8. The summed E-state index contributed by atoms with van der Waals surface area (Å²) in [7, 11) is 1.82. The van der Waals surface area contributed by atoms with Crippen LogP contribution in [0.15, 0.2) is 12.7 Å². The summed E-state index contributed by atoms with van der Waals surface area (Å²) in [5, 5.41) is 16.0. The standard InChI is InChI=1S/C24H39N3O2S/c1-7-9-12-25-23-26-20-16(4)19-21(28)17(15(3)22(29)27(6)13-8-2)10-11-24(19,5)14-18(20)30-23/h8,15-17,19,21,28H,2,7,9-14H2,1,3-6H3,(H,25,26)/t15-,16-,17-,19+,21-,24+/m0/s1. The van der Waals surface area contributed by atoms with Crippen LogP contribution in [0.5, 0.6) is 0 Å². The number of anilines is 1. The third-order valence-electron chi connectivity index (χ3n) is 7.54. The van der Waals surface area contributed by atoms with E-state index in [9.17, 15) is 9.90 Å². The van der Waals surface area contributed by atoms with Crippen molar-refractivity contribution >= 4 is 22.4 Å². The van der Waals surface area contributed by atoms with E-state index in [1.165, 1.54) is 11.3 Å². The van der Waals surface area contributed by atoms with Gasteiger partial charge in [-0.05, 0) is 42.9 Å². The van der Waals surface area contributed by atoms with Gasteiger partial charge in [0, 0.05) is 36.9 Å². The van der Waals surface area contributed by atoms with Gasteiger partial charge in [0.15, 0.2) is 5.13 Å². The molecule has 168 valence electrons. The normalized spacial score (nSPS) is 31.4. The lowest BCUT2D eigenvalue weighted by molar-refractivity contribution is -0.143. The SMILES string of the molecule is C=CCN(C)C(=O)[C@@H](C)[C@@H]1CC[C@]2(C)Cc3sc(NCCCC)nc3[C@@H](C)[C@@H]2[C@H]1O. The van der Waals surface area contributed by atoms with Crippen molar-refractivity contribution in [1.82, 2.24) is 9.88 Å². The molecule has 1 fully saturated rings. The van der Waals surface area contributed by atoms with Crippen LogP contribution in [0.4, 0.5) is 5.13 Å².